The Bertz CT molecular complexity index is 608. The summed E-state index contributed by atoms with van der Waals surface area (Å²) in [4.78, 5) is 41.2. The number of hydrogen-bond donors (Lipinski definition) is 0. The molecule has 0 aliphatic carbocycles. The van der Waals surface area contributed by atoms with Crippen LogP contribution in [0.15, 0.2) is 17.5 Å². The van der Waals surface area contributed by atoms with Crippen LogP contribution in [0, 0.1) is 5.92 Å². The Balaban J connectivity index is 1.62. The maximum Gasteiger partial charge on any atom is 0.308 e. The molecular formula is C17H22N2O4S. The fourth-order valence-corrected chi connectivity index (χ4v) is 4.20. The molecule has 2 aliphatic heterocycles. The van der Waals surface area contributed by atoms with Crippen LogP contribution in [-0.4, -0.2) is 60.4 Å². The molecule has 1 unspecified atom stereocenters. The number of esters is 1. The number of piperidine rings is 1. The van der Waals surface area contributed by atoms with E-state index in [2.05, 4.69) is 0 Å². The standard InChI is InChI=1S/C17H22N2O4S/c1-23-17(22)12-6-9-18(10-7-12)15(20)13-4-2-8-19(13)16(21)14-5-3-11-24-14/h3,5,11-13H,2,4,6-10H2,1H3. The number of nitrogens with zero attached hydrogens (tertiary/aromatic N) is 2. The molecule has 3 rings (SSSR count). The van der Waals surface area contributed by atoms with Gasteiger partial charge in [0, 0.05) is 19.6 Å². The molecule has 24 heavy (non-hydrogen) atoms. The summed E-state index contributed by atoms with van der Waals surface area (Å²) in [5.74, 6) is -0.352. The smallest absolute Gasteiger partial charge is 0.308 e. The lowest BCUT2D eigenvalue weighted by atomic mass is 9.96. The zero-order chi connectivity index (χ0) is 17.1. The van der Waals surface area contributed by atoms with Crippen molar-refractivity contribution in [3.63, 3.8) is 0 Å². The van der Waals surface area contributed by atoms with Crippen LogP contribution in [-0.2, 0) is 14.3 Å². The van der Waals surface area contributed by atoms with Gasteiger partial charge in [0.05, 0.1) is 17.9 Å². The van der Waals surface area contributed by atoms with Gasteiger partial charge in [-0.05, 0) is 37.1 Å². The van der Waals surface area contributed by atoms with E-state index < -0.39 is 0 Å². The molecule has 6 nitrogen and oxygen atoms in total. The summed E-state index contributed by atoms with van der Waals surface area (Å²) in [5.41, 5.74) is 0. The van der Waals surface area contributed by atoms with Gasteiger partial charge in [-0.2, -0.15) is 0 Å². The molecule has 1 aromatic heterocycles. The Morgan fingerprint density at radius 1 is 1.17 bits per heavy atom. The predicted molar refractivity (Wildman–Crippen MR) is 89.7 cm³/mol. The quantitative estimate of drug-likeness (QED) is 0.779. The van der Waals surface area contributed by atoms with Gasteiger partial charge in [-0.3, -0.25) is 14.4 Å². The zero-order valence-electron chi connectivity index (χ0n) is 13.8. The molecule has 0 spiro atoms. The van der Waals surface area contributed by atoms with Gasteiger partial charge in [0.25, 0.3) is 5.91 Å². The van der Waals surface area contributed by atoms with Gasteiger partial charge >= 0.3 is 5.97 Å². The molecule has 2 aliphatic rings. The van der Waals surface area contributed by atoms with Crippen molar-refractivity contribution < 1.29 is 19.1 Å². The zero-order valence-corrected chi connectivity index (χ0v) is 14.6. The van der Waals surface area contributed by atoms with Crippen LogP contribution in [0.5, 0.6) is 0 Å². The summed E-state index contributed by atoms with van der Waals surface area (Å²) < 4.78 is 4.78. The second-order valence-corrected chi connectivity index (χ2v) is 7.20. The lowest BCUT2D eigenvalue weighted by molar-refractivity contribution is -0.149. The van der Waals surface area contributed by atoms with Crippen LogP contribution in [0.3, 0.4) is 0 Å². The highest BCUT2D eigenvalue weighted by molar-refractivity contribution is 7.12. The number of carbonyl (C=O) groups is 3. The summed E-state index contributed by atoms with van der Waals surface area (Å²) >= 11 is 1.41. The van der Waals surface area contributed by atoms with Crippen LogP contribution < -0.4 is 0 Å². The number of amides is 2. The van der Waals surface area contributed by atoms with Crippen LogP contribution >= 0.6 is 11.3 Å². The number of rotatable bonds is 3. The topological polar surface area (TPSA) is 66.9 Å². The van der Waals surface area contributed by atoms with Crippen molar-refractivity contribution in [1.82, 2.24) is 9.80 Å². The summed E-state index contributed by atoms with van der Waals surface area (Å²) in [7, 11) is 1.40. The maximum atomic E-state index is 12.9. The Hall–Kier alpha value is -1.89. The van der Waals surface area contributed by atoms with Gasteiger partial charge in [-0.25, -0.2) is 0 Å². The molecule has 2 fully saturated rings. The number of likely N-dealkylation sites (tertiary alicyclic amines) is 2. The first-order valence-electron chi connectivity index (χ1n) is 8.33. The molecule has 0 bridgehead atoms. The number of hydrogen-bond acceptors (Lipinski definition) is 5. The molecule has 0 saturated carbocycles. The first-order valence-corrected chi connectivity index (χ1v) is 9.21. The van der Waals surface area contributed by atoms with E-state index in [0.29, 0.717) is 43.8 Å². The fraction of sp³-hybridized carbons (Fsp3) is 0.588. The largest absolute Gasteiger partial charge is 0.469 e. The van der Waals surface area contributed by atoms with Crippen molar-refractivity contribution in [3.8, 4) is 0 Å². The number of carbonyl (C=O) groups excluding carboxylic acids is 3. The molecule has 0 aromatic carbocycles. The molecule has 0 radical (unpaired) electrons. The van der Waals surface area contributed by atoms with Crippen molar-refractivity contribution in [2.45, 2.75) is 31.7 Å². The van der Waals surface area contributed by atoms with Crippen LogP contribution in [0.4, 0.5) is 0 Å². The van der Waals surface area contributed by atoms with Crippen molar-refractivity contribution in [3.05, 3.63) is 22.4 Å². The highest BCUT2D eigenvalue weighted by atomic mass is 32.1. The molecule has 1 aromatic rings. The molecule has 2 amide bonds. The lowest BCUT2D eigenvalue weighted by Crippen LogP contribution is -2.50. The second kappa shape index (κ2) is 7.34. The second-order valence-electron chi connectivity index (χ2n) is 6.26. The van der Waals surface area contributed by atoms with E-state index in [4.69, 9.17) is 4.74 Å². The molecule has 7 heteroatoms. The molecule has 3 heterocycles. The minimum atomic E-state index is -0.366. The van der Waals surface area contributed by atoms with Crippen LogP contribution in [0.25, 0.3) is 0 Å². The fourth-order valence-electron chi connectivity index (χ4n) is 3.52. The van der Waals surface area contributed by atoms with Gasteiger partial charge in [-0.15, -0.1) is 11.3 Å². The first kappa shape index (κ1) is 17.0. The van der Waals surface area contributed by atoms with E-state index in [1.54, 1.807) is 15.9 Å². The summed E-state index contributed by atoms with van der Waals surface area (Å²) in [6.07, 6.45) is 2.83. The van der Waals surface area contributed by atoms with Gasteiger partial charge in [0.15, 0.2) is 0 Å². The summed E-state index contributed by atoms with van der Waals surface area (Å²) in [5, 5.41) is 1.87. The molecule has 2 saturated heterocycles. The van der Waals surface area contributed by atoms with Crippen molar-refractivity contribution in [1.29, 1.82) is 0 Å². The van der Waals surface area contributed by atoms with E-state index in [9.17, 15) is 14.4 Å². The average molecular weight is 350 g/mol. The van der Waals surface area contributed by atoms with Crippen molar-refractivity contribution in [2.24, 2.45) is 5.92 Å². The molecule has 130 valence electrons. The van der Waals surface area contributed by atoms with E-state index in [1.165, 1.54) is 18.4 Å². The maximum absolute atomic E-state index is 12.9. The van der Waals surface area contributed by atoms with Gasteiger partial charge in [-0.1, -0.05) is 6.07 Å². The average Bonchev–Trinajstić information content (AvgIpc) is 3.31. The summed E-state index contributed by atoms with van der Waals surface area (Å²) in [6, 6.07) is 3.28. The first-order chi connectivity index (χ1) is 11.6. The monoisotopic (exact) mass is 350 g/mol. The Morgan fingerprint density at radius 3 is 2.54 bits per heavy atom. The van der Waals surface area contributed by atoms with Gasteiger partial charge < -0.3 is 14.5 Å². The van der Waals surface area contributed by atoms with Crippen molar-refractivity contribution in [2.75, 3.05) is 26.7 Å². The third-order valence-corrected chi connectivity index (χ3v) is 5.73. The van der Waals surface area contributed by atoms with Crippen LogP contribution in [0.2, 0.25) is 0 Å². The van der Waals surface area contributed by atoms with E-state index in [-0.39, 0.29) is 29.7 Å². The third-order valence-electron chi connectivity index (χ3n) is 4.87. The Morgan fingerprint density at radius 2 is 1.92 bits per heavy atom. The lowest BCUT2D eigenvalue weighted by Gasteiger charge is -2.34. The Kier molecular flexibility index (Phi) is 5.18. The van der Waals surface area contributed by atoms with Crippen LogP contribution in [0.1, 0.15) is 35.4 Å². The predicted octanol–water partition coefficient (Wildman–Crippen LogP) is 1.76. The van der Waals surface area contributed by atoms with E-state index in [1.807, 2.05) is 11.4 Å². The highest BCUT2D eigenvalue weighted by Crippen LogP contribution is 2.26. The summed E-state index contributed by atoms with van der Waals surface area (Å²) in [6.45, 7) is 1.73. The number of thiophene rings is 1. The minimum Gasteiger partial charge on any atom is -0.469 e. The molecule has 1 atom stereocenters. The van der Waals surface area contributed by atoms with Gasteiger partial charge in [0.1, 0.15) is 6.04 Å². The Labute approximate surface area is 145 Å². The molecular weight excluding hydrogens is 328 g/mol. The highest BCUT2D eigenvalue weighted by Gasteiger charge is 2.38. The molecule has 0 N–H and O–H groups in total. The van der Waals surface area contributed by atoms with Gasteiger partial charge in [0.2, 0.25) is 5.91 Å². The number of ether oxygens (including phenoxy) is 1. The van der Waals surface area contributed by atoms with Crippen molar-refractivity contribution >= 4 is 29.1 Å². The number of methoxy groups -OCH3 is 1. The normalized spacial score (nSPS) is 21.8. The van der Waals surface area contributed by atoms with E-state index in [0.717, 1.165) is 6.42 Å². The third kappa shape index (κ3) is 3.31. The minimum absolute atomic E-state index is 0.0146. The van der Waals surface area contributed by atoms with E-state index >= 15 is 0 Å². The SMILES string of the molecule is COC(=O)C1CCN(C(=O)C2CCCN2C(=O)c2cccs2)CC1.